The van der Waals surface area contributed by atoms with Crippen molar-refractivity contribution in [1.82, 2.24) is 0 Å². The minimum atomic E-state index is -0.0751. The Morgan fingerprint density at radius 3 is 2.76 bits per heavy atom. The van der Waals surface area contributed by atoms with Crippen LogP contribution in [-0.2, 0) is 0 Å². The van der Waals surface area contributed by atoms with Gasteiger partial charge in [0.1, 0.15) is 0 Å². The predicted octanol–water partition coefficient (Wildman–Crippen LogP) is 7.60. The number of aliphatic hydroxyl groups is 1. The van der Waals surface area contributed by atoms with Crippen LogP contribution in [0.1, 0.15) is 110 Å². The second-order valence-corrected chi connectivity index (χ2v) is 12.0. The Morgan fingerprint density at radius 2 is 1.86 bits per heavy atom. The Balaban J connectivity index is 1.30. The molecule has 162 valence electrons. The molecule has 0 saturated heterocycles. The SMILES string of the molecule is CC12CCC(O)CC1=CCC1C2CCC2(C)C(CCC3=CCCCCC3)CCC12. The van der Waals surface area contributed by atoms with Gasteiger partial charge in [0.15, 0.2) is 0 Å². The molecule has 0 heterocycles. The molecule has 5 aliphatic rings. The Kier molecular flexibility index (Phi) is 5.51. The van der Waals surface area contributed by atoms with E-state index < -0.39 is 0 Å². The first-order chi connectivity index (χ1) is 14.0. The monoisotopic (exact) mass is 396 g/mol. The van der Waals surface area contributed by atoms with E-state index in [4.69, 9.17) is 0 Å². The average Bonchev–Trinajstić information content (AvgIpc) is 2.87. The van der Waals surface area contributed by atoms with Crippen LogP contribution in [0.25, 0.3) is 0 Å². The summed E-state index contributed by atoms with van der Waals surface area (Å²) in [5, 5.41) is 10.2. The number of fused-ring (bicyclic) bond motifs is 5. The molecular formula is C28H44O. The lowest BCUT2D eigenvalue weighted by molar-refractivity contribution is -0.0505. The van der Waals surface area contributed by atoms with Crippen LogP contribution >= 0.6 is 0 Å². The zero-order chi connectivity index (χ0) is 20.1. The molecule has 7 unspecified atom stereocenters. The molecule has 0 amide bonds. The molecule has 3 fully saturated rings. The smallest absolute Gasteiger partial charge is 0.0577 e. The maximum absolute atomic E-state index is 10.2. The highest BCUT2D eigenvalue weighted by atomic mass is 16.3. The van der Waals surface area contributed by atoms with E-state index in [1.54, 1.807) is 11.1 Å². The number of hydrogen-bond acceptors (Lipinski definition) is 1. The van der Waals surface area contributed by atoms with Gasteiger partial charge in [-0.3, -0.25) is 0 Å². The van der Waals surface area contributed by atoms with E-state index >= 15 is 0 Å². The fraction of sp³-hybridized carbons (Fsp3) is 0.857. The summed E-state index contributed by atoms with van der Waals surface area (Å²) in [4.78, 5) is 0. The number of hydrogen-bond donors (Lipinski definition) is 1. The number of rotatable bonds is 3. The lowest BCUT2D eigenvalue weighted by atomic mass is 9.47. The zero-order valence-corrected chi connectivity index (χ0v) is 19.1. The molecule has 3 saturated carbocycles. The Hall–Kier alpha value is -0.560. The summed E-state index contributed by atoms with van der Waals surface area (Å²) in [5.74, 6) is 3.72. The van der Waals surface area contributed by atoms with Gasteiger partial charge in [-0.15, -0.1) is 0 Å². The molecule has 1 nitrogen and oxygen atoms in total. The largest absolute Gasteiger partial charge is 0.393 e. The summed E-state index contributed by atoms with van der Waals surface area (Å²) in [6.07, 6.45) is 25.4. The van der Waals surface area contributed by atoms with Crippen molar-refractivity contribution in [1.29, 1.82) is 0 Å². The standard InChI is InChI=1S/C28H44O/c1-27-18-16-26-24(13-11-22-19-23(29)15-17-28(22,26)2)25(27)14-12-21(27)10-9-20-7-5-3-4-6-8-20/h7,11,21,23-26,29H,3-6,8-10,12-19H2,1-2H3. The molecule has 0 radical (unpaired) electrons. The van der Waals surface area contributed by atoms with Gasteiger partial charge < -0.3 is 5.11 Å². The minimum absolute atomic E-state index is 0.0751. The van der Waals surface area contributed by atoms with Gasteiger partial charge in [-0.25, -0.2) is 0 Å². The average molecular weight is 397 g/mol. The molecule has 29 heavy (non-hydrogen) atoms. The van der Waals surface area contributed by atoms with Crippen molar-refractivity contribution in [3.8, 4) is 0 Å². The van der Waals surface area contributed by atoms with E-state index in [-0.39, 0.29) is 6.10 Å². The van der Waals surface area contributed by atoms with Crippen LogP contribution < -0.4 is 0 Å². The predicted molar refractivity (Wildman–Crippen MR) is 122 cm³/mol. The second kappa shape index (κ2) is 7.85. The van der Waals surface area contributed by atoms with Crippen LogP contribution in [0.5, 0.6) is 0 Å². The third kappa shape index (κ3) is 3.48. The maximum atomic E-state index is 10.2. The number of allylic oxidation sites excluding steroid dienone is 3. The first kappa shape index (κ1) is 20.3. The fourth-order valence-electron chi connectivity index (χ4n) is 8.89. The maximum Gasteiger partial charge on any atom is 0.0577 e. The van der Waals surface area contributed by atoms with Gasteiger partial charge in [0, 0.05) is 0 Å². The van der Waals surface area contributed by atoms with Crippen LogP contribution in [-0.4, -0.2) is 11.2 Å². The Labute approximate surface area is 179 Å². The van der Waals surface area contributed by atoms with E-state index in [1.807, 2.05) is 0 Å². The van der Waals surface area contributed by atoms with Crippen LogP contribution in [0.2, 0.25) is 0 Å². The third-order valence-corrected chi connectivity index (χ3v) is 10.7. The quantitative estimate of drug-likeness (QED) is 0.487. The van der Waals surface area contributed by atoms with Gasteiger partial charge in [0.2, 0.25) is 0 Å². The highest BCUT2D eigenvalue weighted by Crippen LogP contribution is 2.66. The summed E-state index contributed by atoms with van der Waals surface area (Å²) in [6.45, 7) is 5.26. The molecule has 1 N–H and O–H groups in total. The molecule has 5 aliphatic carbocycles. The highest BCUT2D eigenvalue weighted by Gasteiger charge is 2.58. The van der Waals surface area contributed by atoms with Gasteiger partial charge in [-0.05, 0) is 124 Å². The van der Waals surface area contributed by atoms with Crippen molar-refractivity contribution >= 4 is 0 Å². The molecule has 0 aromatic rings. The van der Waals surface area contributed by atoms with Crippen LogP contribution in [0.15, 0.2) is 23.3 Å². The first-order valence-corrected chi connectivity index (χ1v) is 13.1. The molecule has 0 bridgehead atoms. The summed E-state index contributed by atoms with van der Waals surface area (Å²) >= 11 is 0. The van der Waals surface area contributed by atoms with Gasteiger partial charge >= 0.3 is 0 Å². The van der Waals surface area contributed by atoms with Gasteiger partial charge in [-0.1, -0.05) is 43.6 Å². The topological polar surface area (TPSA) is 20.2 Å². The minimum Gasteiger partial charge on any atom is -0.393 e. The molecule has 7 atom stereocenters. The summed E-state index contributed by atoms with van der Waals surface area (Å²) in [6, 6.07) is 0. The molecule has 0 spiro atoms. The van der Waals surface area contributed by atoms with Crippen molar-refractivity contribution in [3.05, 3.63) is 23.3 Å². The summed E-state index contributed by atoms with van der Waals surface area (Å²) in [7, 11) is 0. The Morgan fingerprint density at radius 1 is 0.966 bits per heavy atom. The lowest BCUT2D eigenvalue weighted by Gasteiger charge is -2.58. The van der Waals surface area contributed by atoms with Gasteiger partial charge in [0.25, 0.3) is 0 Å². The van der Waals surface area contributed by atoms with Crippen molar-refractivity contribution < 1.29 is 5.11 Å². The van der Waals surface area contributed by atoms with Crippen molar-refractivity contribution in [2.24, 2.45) is 34.5 Å². The first-order valence-electron chi connectivity index (χ1n) is 13.1. The molecule has 0 aliphatic heterocycles. The number of aliphatic hydroxyl groups excluding tert-OH is 1. The molecule has 5 rings (SSSR count). The van der Waals surface area contributed by atoms with Gasteiger partial charge in [-0.2, -0.15) is 0 Å². The van der Waals surface area contributed by atoms with Crippen LogP contribution in [0.4, 0.5) is 0 Å². The van der Waals surface area contributed by atoms with E-state index in [2.05, 4.69) is 26.0 Å². The second-order valence-electron chi connectivity index (χ2n) is 12.0. The van der Waals surface area contributed by atoms with E-state index in [9.17, 15) is 5.11 Å². The van der Waals surface area contributed by atoms with Crippen molar-refractivity contribution in [2.45, 2.75) is 116 Å². The highest BCUT2D eigenvalue weighted by molar-refractivity contribution is 5.25. The zero-order valence-electron chi connectivity index (χ0n) is 19.1. The molecule has 1 heteroatoms. The van der Waals surface area contributed by atoms with Crippen molar-refractivity contribution in [2.75, 3.05) is 0 Å². The molecular weight excluding hydrogens is 352 g/mol. The van der Waals surface area contributed by atoms with E-state index in [0.717, 1.165) is 36.5 Å². The van der Waals surface area contributed by atoms with Gasteiger partial charge in [0.05, 0.1) is 6.10 Å². The van der Waals surface area contributed by atoms with Crippen LogP contribution in [0, 0.1) is 34.5 Å². The summed E-state index contributed by atoms with van der Waals surface area (Å²) < 4.78 is 0. The third-order valence-electron chi connectivity index (χ3n) is 10.7. The summed E-state index contributed by atoms with van der Waals surface area (Å²) in [5.41, 5.74) is 4.41. The van der Waals surface area contributed by atoms with Crippen LogP contribution in [0.3, 0.4) is 0 Å². The normalized spacial score (nSPS) is 47.3. The van der Waals surface area contributed by atoms with E-state index in [1.165, 1.54) is 83.5 Å². The fourth-order valence-corrected chi connectivity index (χ4v) is 8.89. The van der Waals surface area contributed by atoms with Crippen molar-refractivity contribution in [3.63, 3.8) is 0 Å². The van der Waals surface area contributed by atoms with E-state index in [0.29, 0.717) is 10.8 Å². The lowest BCUT2D eigenvalue weighted by Crippen LogP contribution is -2.50. The molecule has 0 aromatic carbocycles. The Bertz CT molecular complexity index is 674. The molecule has 0 aromatic heterocycles.